The molecule has 0 spiro atoms. The number of halogens is 1. The largest absolute Gasteiger partial charge is 0.463 e. The van der Waals surface area contributed by atoms with Gasteiger partial charge in [-0.1, -0.05) is 15.9 Å². The van der Waals surface area contributed by atoms with Gasteiger partial charge < -0.3 is 15.4 Å². The summed E-state index contributed by atoms with van der Waals surface area (Å²) >= 11 is 4.67. The van der Waals surface area contributed by atoms with E-state index in [0.717, 1.165) is 10.9 Å². The third-order valence-corrected chi connectivity index (χ3v) is 7.35. The van der Waals surface area contributed by atoms with E-state index >= 15 is 0 Å². The van der Waals surface area contributed by atoms with Crippen LogP contribution in [0, 0.1) is 0 Å². The Balaban J connectivity index is 1.89. The molecule has 4 rings (SSSR count). The van der Waals surface area contributed by atoms with Gasteiger partial charge in [-0.3, -0.25) is 14.5 Å². The Kier molecular flexibility index (Phi) is 4.62. The Bertz CT molecular complexity index is 835. The van der Waals surface area contributed by atoms with Crippen molar-refractivity contribution < 1.29 is 19.1 Å². The zero-order chi connectivity index (χ0) is 19.3. The second kappa shape index (κ2) is 6.70. The van der Waals surface area contributed by atoms with Crippen molar-refractivity contribution in [3.8, 4) is 0 Å². The fraction of sp³-hybridized carbons (Fsp3) is 0.500. The number of fused-ring (bicyclic) bond motifs is 2. The molecule has 144 valence electrons. The van der Waals surface area contributed by atoms with Crippen LogP contribution in [0.15, 0.2) is 22.7 Å². The number of carbonyl (C=O) groups excluding carboxylic acids is 3. The highest BCUT2D eigenvalue weighted by molar-refractivity contribution is 9.10. The lowest BCUT2D eigenvalue weighted by molar-refractivity contribution is -0.169. The van der Waals surface area contributed by atoms with Crippen LogP contribution in [-0.2, 0) is 24.0 Å². The van der Waals surface area contributed by atoms with Crippen LogP contribution in [0.1, 0.15) is 25.3 Å². The normalized spacial score (nSPS) is 29.7. The number of hydrogen-bond donors (Lipinski definition) is 1. The van der Waals surface area contributed by atoms with E-state index in [4.69, 9.17) is 10.5 Å². The molecule has 0 aromatic heterocycles. The number of ether oxygens (including phenoxy) is 1. The number of rotatable bonds is 3. The van der Waals surface area contributed by atoms with E-state index in [9.17, 15) is 14.4 Å². The zero-order valence-corrected chi connectivity index (χ0v) is 17.2. The molecule has 1 aromatic carbocycles. The summed E-state index contributed by atoms with van der Waals surface area (Å²) in [6.07, 6.45) is 1.41. The van der Waals surface area contributed by atoms with Gasteiger partial charge in [-0.25, -0.2) is 4.79 Å². The number of carbonyl (C=O) groups is 3. The SMILES string of the molecule is CCOC(=O)[C@@]1(c2cc(Br)ccc2N)SC[C@H]2C(=O)N3CCC[C@H]3C(=O)N21. The first-order chi connectivity index (χ1) is 12.9. The van der Waals surface area contributed by atoms with Crippen LogP contribution in [0.2, 0.25) is 0 Å². The molecule has 0 unspecified atom stereocenters. The Morgan fingerprint density at radius 3 is 2.89 bits per heavy atom. The Morgan fingerprint density at radius 2 is 2.15 bits per heavy atom. The van der Waals surface area contributed by atoms with Crippen LogP contribution in [0.3, 0.4) is 0 Å². The van der Waals surface area contributed by atoms with E-state index in [1.54, 1.807) is 30.0 Å². The zero-order valence-electron chi connectivity index (χ0n) is 14.8. The molecule has 2 N–H and O–H groups in total. The third kappa shape index (κ3) is 2.58. The summed E-state index contributed by atoms with van der Waals surface area (Å²) < 4.78 is 6.11. The van der Waals surface area contributed by atoms with Gasteiger partial charge in [0.15, 0.2) is 0 Å². The Hall–Kier alpha value is -1.74. The predicted molar refractivity (Wildman–Crippen MR) is 105 cm³/mol. The number of anilines is 1. The van der Waals surface area contributed by atoms with Gasteiger partial charge in [0.2, 0.25) is 16.7 Å². The van der Waals surface area contributed by atoms with Crippen molar-refractivity contribution in [1.82, 2.24) is 9.80 Å². The quantitative estimate of drug-likeness (QED) is 0.552. The number of esters is 1. The second-order valence-electron chi connectivity index (χ2n) is 6.82. The molecule has 0 aliphatic carbocycles. The third-order valence-electron chi connectivity index (χ3n) is 5.38. The van der Waals surface area contributed by atoms with Crippen LogP contribution in [0.25, 0.3) is 0 Å². The number of thioether (sulfide) groups is 1. The topological polar surface area (TPSA) is 92.9 Å². The van der Waals surface area contributed by atoms with Crippen molar-refractivity contribution in [3.05, 3.63) is 28.2 Å². The van der Waals surface area contributed by atoms with Crippen molar-refractivity contribution in [3.63, 3.8) is 0 Å². The number of piperazine rings is 1. The van der Waals surface area contributed by atoms with Crippen LogP contribution in [-0.4, -0.2) is 58.6 Å². The second-order valence-corrected chi connectivity index (χ2v) is 8.95. The molecule has 0 saturated carbocycles. The lowest BCUT2D eigenvalue weighted by Gasteiger charge is -2.45. The number of hydrogen-bond acceptors (Lipinski definition) is 6. The summed E-state index contributed by atoms with van der Waals surface area (Å²) in [6, 6.07) is 4.01. The summed E-state index contributed by atoms with van der Waals surface area (Å²) in [4.78, 5) is 41.3. The fourth-order valence-corrected chi connectivity index (χ4v) is 6.14. The van der Waals surface area contributed by atoms with Gasteiger partial charge >= 0.3 is 5.97 Å². The lowest BCUT2D eigenvalue weighted by Crippen LogP contribution is -2.66. The maximum absolute atomic E-state index is 13.4. The highest BCUT2D eigenvalue weighted by Gasteiger charge is 2.64. The highest BCUT2D eigenvalue weighted by atomic mass is 79.9. The molecule has 1 aromatic rings. The number of amides is 2. The average molecular weight is 454 g/mol. The first kappa shape index (κ1) is 18.6. The minimum Gasteiger partial charge on any atom is -0.463 e. The number of benzene rings is 1. The summed E-state index contributed by atoms with van der Waals surface area (Å²) in [5.74, 6) is -0.521. The van der Waals surface area contributed by atoms with Gasteiger partial charge in [0, 0.05) is 28.0 Å². The first-order valence-corrected chi connectivity index (χ1v) is 10.7. The van der Waals surface area contributed by atoms with Gasteiger partial charge in [0.1, 0.15) is 12.1 Å². The van der Waals surface area contributed by atoms with Gasteiger partial charge in [-0.05, 0) is 38.0 Å². The molecular formula is C18H20BrN3O4S. The predicted octanol–water partition coefficient (Wildman–Crippen LogP) is 1.70. The lowest BCUT2D eigenvalue weighted by atomic mass is 9.97. The van der Waals surface area contributed by atoms with Gasteiger partial charge in [0.05, 0.1) is 6.61 Å². The molecule has 0 bridgehead atoms. The number of nitrogens with zero attached hydrogens (tertiary/aromatic N) is 2. The van der Waals surface area contributed by atoms with E-state index in [0.29, 0.717) is 30.0 Å². The molecule has 2 amide bonds. The summed E-state index contributed by atoms with van der Waals surface area (Å²) in [7, 11) is 0. The molecular weight excluding hydrogens is 434 g/mol. The maximum atomic E-state index is 13.4. The Labute approximate surface area is 169 Å². The van der Waals surface area contributed by atoms with E-state index in [-0.39, 0.29) is 18.4 Å². The molecule has 0 radical (unpaired) electrons. The molecule has 7 nitrogen and oxygen atoms in total. The highest BCUT2D eigenvalue weighted by Crippen LogP contribution is 2.53. The van der Waals surface area contributed by atoms with Gasteiger partial charge in [-0.2, -0.15) is 0 Å². The molecule has 3 atom stereocenters. The van der Waals surface area contributed by atoms with E-state index in [2.05, 4.69) is 15.9 Å². The van der Waals surface area contributed by atoms with Crippen molar-refractivity contribution in [2.45, 2.75) is 36.7 Å². The summed E-state index contributed by atoms with van der Waals surface area (Å²) in [6.45, 7) is 2.48. The van der Waals surface area contributed by atoms with Crippen LogP contribution >= 0.6 is 27.7 Å². The van der Waals surface area contributed by atoms with Crippen molar-refractivity contribution in [1.29, 1.82) is 0 Å². The molecule has 3 aliphatic rings. The fourth-order valence-electron chi connectivity index (χ4n) is 4.22. The Morgan fingerprint density at radius 1 is 1.37 bits per heavy atom. The molecule has 3 heterocycles. The molecule has 3 saturated heterocycles. The average Bonchev–Trinajstić information content (AvgIpc) is 3.28. The van der Waals surface area contributed by atoms with Gasteiger partial charge in [0.25, 0.3) is 0 Å². The van der Waals surface area contributed by atoms with Crippen LogP contribution < -0.4 is 5.73 Å². The van der Waals surface area contributed by atoms with Crippen molar-refractivity contribution in [2.24, 2.45) is 0 Å². The van der Waals surface area contributed by atoms with Crippen LogP contribution in [0.4, 0.5) is 5.69 Å². The van der Waals surface area contributed by atoms with E-state index in [1.165, 1.54) is 16.7 Å². The molecule has 9 heteroatoms. The van der Waals surface area contributed by atoms with Crippen molar-refractivity contribution in [2.75, 3.05) is 24.6 Å². The number of nitrogen functional groups attached to an aromatic ring is 1. The molecule has 3 aliphatic heterocycles. The minimum atomic E-state index is -1.45. The van der Waals surface area contributed by atoms with Gasteiger partial charge in [-0.15, -0.1) is 11.8 Å². The maximum Gasteiger partial charge on any atom is 0.347 e. The molecule has 3 fully saturated rings. The van der Waals surface area contributed by atoms with E-state index in [1.807, 2.05) is 0 Å². The monoisotopic (exact) mass is 453 g/mol. The van der Waals surface area contributed by atoms with Crippen molar-refractivity contribution >= 4 is 51.2 Å². The minimum absolute atomic E-state index is 0.0932. The molecule has 27 heavy (non-hydrogen) atoms. The number of nitrogens with two attached hydrogens (primary N) is 1. The standard InChI is InChI=1S/C18H20BrN3O4S/c1-2-26-17(25)18(11-8-10(19)5-6-12(11)20)22-14(9-27-18)15(23)21-7-3-4-13(21)16(22)24/h5-6,8,13-14H,2-4,7,9,20H2,1H3/t13-,14-,18+/m0/s1. The van der Waals surface area contributed by atoms with E-state index < -0.39 is 22.9 Å². The van der Waals surface area contributed by atoms with Crippen LogP contribution in [0.5, 0.6) is 0 Å². The smallest absolute Gasteiger partial charge is 0.347 e. The summed E-state index contributed by atoms with van der Waals surface area (Å²) in [5, 5.41) is 0. The summed E-state index contributed by atoms with van der Waals surface area (Å²) in [5.41, 5.74) is 7.09. The first-order valence-electron chi connectivity index (χ1n) is 8.92.